The Labute approximate surface area is 199 Å². The van der Waals surface area contributed by atoms with E-state index in [1.54, 1.807) is 19.1 Å². The minimum Gasteiger partial charge on any atom is -0.477 e. The van der Waals surface area contributed by atoms with E-state index in [0.29, 0.717) is 11.8 Å². The Hall–Kier alpha value is -3.49. The van der Waals surface area contributed by atoms with Crippen LogP contribution in [0.25, 0.3) is 22.5 Å². The van der Waals surface area contributed by atoms with Gasteiger partial charge >= 0.3 is 5.97 Å². The fraction of sp³-hybridized carbons (Fsp3) is 0.0435. The van der Waals surface area contributed by atoms with Gasteiger partial charge in [0.1, 0.15) is 17.3 Å². The number of benzene rings is 2. The molecule has 0 saturated heterocycles. The quantitative estimate of drug-likeness (QED) is 0.247. The number of nitrogens with zero attached hydrogens (tertiary/aromatic N) is 3. The molecule has 0 aliphatic rings. The number of hydrogen-bond donors (Lipinski definition) is 1. The second-order valence-corrected chi connectivity index (χ2v) is 6.45. The van der Waals surface area contributed by atoms with Crippen LogP contribution in [0.4, 0.5) is 17.6 Å². The predicted molar refractivity (Wildman–Crippen MR) is 108 cm³/mol. The second kappa shape index (κ2) is 11.4. The van der Waals surface area contributed by atoms with Crippen molar-refractivity contribution in [1.29, 1.82) is 0 Å². The van der Waals surface area contributed by atoms with Gasteiger partial charge in [-0.1, -0.05) is 12.1 Å². The number of carbonyl (C=O) groups is 1. The first-order chi connectivity index (χ1) is 15.2. The first-order valence-corrected chi connectivity index (χ1v) is 9.06. The first kappa shape index (κ1) is 25.8. The maximum absolute atomic E-state index is 13.5. The van der Waals surface area contributed by atoms with Gasteiger partial charge in [0, 0.05) is 55.9 Å². The van der Waals surface area contributed by atoms with Crippen molar-refractivity contribution < 1.29 is 47.6 Å². The van der Waals surface area contributed by atoms with Crippen molar-refractivity contribution in [2.24, 2.45) is 0 Å². The number of carboxylic acid groups (broad SMARTS) is 1. The van der Waals surface area contributed by atoms with E-state index in [9.17, 15) is 22.4 Å². The van der Waals surface area contributed by atoms with Gasteiger partial charge in [0.15, 0.2) is 0 Å². The van der Waals surface area contributed by atoms with Crippen molar-refractivity contribution >= 4 is 5.97 Å². The minimum absolute atomic E-state index is 0. The number of aromatic carboxylic acids is 1. The Kier molecular flexibility index (Phi) is 8.90. The summed E-state index contributed by atoms with van der Waals surface area (Å²) in [5.41, 5.74) is 0.896. The van der Waals surface area contributed by atoms with Crippen LogP contribution >= 0.6 is 0 Å². The van der Waals surface area contributed by atoms with E-state index in [1.807, 2.05) is 0 Å². The van der Waals surface area contributed by atoms with E-state index in [2.05, 4.69) is 21.0 Å². The molecule has 4 aromatic rings. The molecule has 4 rings (SSSR count). The van der Waals surface area contributed by atoms with Gasteiger partial charge in [0.05, 0.1) is 11.4 Å². The largest absolute Gasteiger partial charge is 0.477 e. The topological polar surface area (TPSA) is 76.0 Å². The molecule has 33 heavy (non-hydrogen) atoms. The monoisotopic (exact) mass is 633 g/mol. The van der Waals surface area contributed by atoms with E-state index in [0.717, 1.165) is 24.3 Å². The molecule has 1 radical (unpaired) electrons. The van der Waals surface area contributed by atoms with Crippen LogP contribution in [-0.2, 0) is 20.1 Å². The average Bonchev–Trinajstić information content (AvgIpc) is 2.73. The zero-order valence-electron chi connectivity index (χ0n) is 16.8. The summed E-state index contributed by atoms with van der Waals surface area (Å²) in [5.74, 6) is -4.28. The number of carboxylic acids is 1. The normalized spacial score (nSPS) is 9.97. The van der Waals surface area contributed by atoms with E-state index >= 15 is 0 Å². The van der Waals surface area contributed by atoms with E-state index in [4.69, 9.17) is 5.11 Å². The van der Waals surface area contributed by atoms with Crippen molar-refractivity contribution in [3.63, 3.8) is 0 Å². The first-order valence-electron chi connectivity index (χ1n) is 9.06. The summed E-state index contributed by atoms with van der Waals surface area (Å²) in [6.45, 7) is 1.64. The molecule has 0 unspecified atom stereocenters. The summed E-state index contributed by atoms with van der Waals surface area (Å²) < 4.78 is 53.7. The van der Waals surface area contributed by atoms with E-state index in [1.165, 1.54) is 18.5 Å². The van der Waals surface area contributed by atoms with Crippen LogP contribution in [0.5, 0.6) is 0 Å². The third-order valence-electron chi connectivity index (χ3n) is 3.97. The van der Waals surface area contributed by atoms with Gasteiger partial charge in [-0.25, -0.2) is 27.3 Å². The SMILES string of the molecule is Cc1cnc(-c2[c-]c(F)cc(F)c2)c(-c2cc(F)cc(F)c2)n1.O=C(O)c1ccccn1.[Ir]. The predicted octanol–water partition coefficient (Wildman–Crippen LogP) is 5.25. The summed E-state index contributed by atoms with van der Waals surface area (Å²) in [6, 6.07) is 11.7. The molecule has 0 bridgehead atoms. The molecule has 0 fully saturated rings. The standard InChI is InChI=1S/C17H9F4N2.C6H5NO2.Ir/c1-9-8-22-16(10-2-12(18)6-13(19)3-10)17(23-9)11-4-14(20)7-15(21)5-11;8-6(9)5-3-1-2-4-7-5;/h2,4-8H,1H3;1-4H,(H,8,9);/q-1;;. The smallest absolute Gasteiger partial charge is 0.354 e. The molecular weight excluding hydrogens is 618 g/mol. The summed E-state index contributed by atoms with van der Waals surface area (Å²) >= 11 is 0. The number of halogens is 4. The molecule has 2 heterocycles. The van der Waals surface area contributed by atoms with E-state index < -0.39 is 29.2 Å². The Bertz CT molecular complexity index is 1230. The fourth-order valence-corrected chi connectivity index (χ4v) is 2.68. The van der Waals surface area contributed by atoms with Gasteiger partial charge in [0.25, 0.3) is 0 Å². The van der Waals surface area contributed by atoms with Gasteiger partial charge in [-0.3, -0.25) is 4.98 Å². The molecule has 5 nitrogen and oxygen atoms in total. The van der Waals surface area contributed by atoms with Gasteiger partial charge in [0.2, 0.25) is 0 Å². The molecule has 0 saturated carbocycles. The molecule has 0 atom stereocenters. The van der Waals surface area contributed by atoms with Crippen molar-refractivity contribution in [1.82, 2.24) is 15.0 Å². The summed E-state index contributed by atoms with van der Waals surface area (Å²) in [4.78, 5) is 22.0. The number of aromatic nitrogens is 3. The number of aryl methyl sites for hydroxylation is 1. The van der Waals surface area contributed by atoms with Crippen LogP contribution < -0.4 is 0 Å². The molecule has 0 aliphatic heterocycles. The average molecular weight is 633 g/mol. The summed E-state index contributed by atoms with van der Waals surface area (Å²) in [6.07, 6.45) is 2.84. The van der Waals surface area contributed by atoms with E-state index in [-0.39, 0.29) is 48.3 Å². The Balaban J connectivity index is 0.000000326. The van der Waals surface area contributed by atoms with Gasteiger partial charge in [-0.2, -0.15) is 0 Å². The molecule has 2 aromatic carbocycles. The Morgan fingerprint density at radius 1 is 0.909 bits per heavy atom. The van der Waals surface area contributed by atoms with Crippen LogP contribution in [0.1, 0.15) is 16.2 Å². The fourth-order valence-electron chi connectivity index (χ4n) is 2.68. The number of pyridine rings is 1. The zero-order valence-corrected chi connectivity index (χ0v) is 19.2. The van der Waals surface area contributed by atoms with Crippen LogP contribution in [-0.4, -0.2) is 26.0 Å². The Morgan fingerprint density at radius 3 is 2.12 bits per heavy atom. The van der Waals surface area contributed by atoms with Crippen LogP contribution in [0.2, 0.25) is 0 Å². The molecule has 171 valence electrons. The van der Waals surface area contributed by atoms with Crippen molar-refractivity contribution in [2.75, 3.05) is 0 Å². The third kappa shape index (κ3) is 7.00. The number of rotatable bonds is 3. The van der Waals surface area contributed by atoms with Crippen LogP contribution in [0.15, 0.2) is 60.9 Å². The third-order valence-corrected chi connectivity index (χ3v) is 3.97. The second-order valence-electron chi connectivity index (χ2n) is 6.45. The maximum Gasteiger partial charge on any atom is 0.354 e. The Morgan fingerprint density at radius 2 is 1.58 bits per heavy atom. The van der Waals surface area contributed by atoms with Gasteiger partial charge in [-0.05, 0) is 36.8 Å². The van der Waals surface area contributed by atoms with Crippen LogP contribution in [0, 0.1) is 36.3 Å². The minimum atomic E-state index is -0.990. The molecule has 1 N–H and O–H groups in total. The van der Waals surface area contributed by atoms with Crippen molar-refractivity contribution in [3.8, 4) is 22.5 Å². The molecule has 10 heteroatoms. The zero-order chi connectivity index (χ0) is 23.3. The summed E-state index contributed by atoms with van der Waals surface area (Å²) in [7, 11) is 0. The number of hydrogen-bond acceptors (Lipinski definition) is 4. The molecule has 2 aromatic heterocycles. The van der Waals surface area contributed by atoms with Gasteiger partial charge < -0.3 is 10.1 Å². The van der Waals surface area contributed by atoms with Crippen molar-refractivity contribution in [3.05, 3.63) is 102 Å². The molecule has 0 spiro atoms. The van der Waals surface area contributed by atoms with Crippen LogP contribution in [0.3, 0.4) is 0 Å². The molecule has 0 amide bonds. The maximum atomic E-state index is 13.5. The molecule has 0 aliphatic carbocycles. The van der Waals surface area contributed by atoms with Crippen molar-refractivity contribution in [2.45, 2.75) is 6.92 Å². The van der Waals surface area contributed by atoms with Gasteiger partial charge in [-0.15, -0.1) is 17.7 Å². The summed E-state index contributed by atoms with van der Waals surface area (Å²) in [5, 5.41) is 8.32. The molecular formula is C23H14F4IrN3O2-.